The van der Waals surface area contributed by atoms with Crippen molar-refractivity contribution >= 4 is 23.3 Å². The van der Waals surface area contributed by atoms with Gasteiger partial charge in [-0.3, -0.25) is 4.98 Å². The molecule has 3 rings (SSSR count). The van der Waals surface area contributed by atoms with E-state index in [1.54, 1.807) is 25.4 Å². The van der Waals surface area contributed by atoms with Crippen molar-refractivity contribution in [3.8, 4) is 5.88 Å². The van der Waals surface area contributed by atoms with Crippen LogP contribution in [0.5, 0.6) is 5.88 Å². The van der Waals surface area contributed by atoms with E-state index in [9.17, 15) is 4.79 Å². The fourth-order valence-corrected chi connectivity index (χ4v) is 2.94. The summed E-state index contributed by atoms with van der Waals surface area (Å²) in [6, 6.07) is 5.37. The highest BCUT2D eigenvalue weighted by Gasteiger charge is 2.24. The lowest BCUT2D eigenvalue weighted by molar-refractivity contribution is 0.0497. The second kappa shape index (κ2) is 8.52. The monoisotopic (exact) mass is 401 g/mol. The molecule has 0 fully saturated rings. The maximum absolute atomic E-state index is 11.9. The molecular weight excluding hydrogens is 374 g/mol. The molecule has 156 valence electrons. The molecule has 0 saturated carbocycles. The smallest absolute Gasteiger partial charge is 0.407 e. The van der Waals surface area contributed by atoms with E-state index >= 15 is 0 Å². The van der Waals surface area contributed by atoms with Crippen molar-refractivity contribution in [1.82, 2.24) is 15.3 Å². The zero-order chi connectivity index (χ0) is 21.0. The number of nitrogens with one attached hydrogen (secondary N) is 2. The fraction of sp³-hybridized carbons (Fsp3) is 0.450. The van der Waals surface area contributed by atoms with Gasteiger partial charge < -0.3 is 30.6 Å². The number of fused-ring (bicyclic) bond motifs is 1. The number of carbonyl (C=O) groups is 1. The maximum Gasteiger partial charge on any atom is 0.407 e. The van der Waals surface area contributed by atoms with E-state index in [0.29, 0.717) is 37.1 Å². The SMILES string of the molecule is COc1ccc(N)c(Nc2cnc3c(c2)COCC3CNC(=O)OC(C)(C)C)n1. The van der Waals surface area contributed by atoms with Crippen molar-refractivity contribution in [3.63, 3.8) is 0 Å². The van der Waals surface area contributed by atoms with Crippen LogP contribution in [0.25, 0.3) is 0 Å². The van der Waals surface area contributed by atoms with Crippen LogP contribution in [-0.4, -0.2) is 41.9 Å². The molecule has 0 saturated heterocycles. The number of methoxy groups -OCH3 is 1. The maximum atomic E-state index is 11.9. The average Bonchev–Trinajstić information content (AvgIpc) is 2.66. The third-order valence-electron chi connectivity index (χ3n) is 4.23. The quantitative estimate of drug-likeness (QED) is 0.699. The summed E-state index contributed by atoms with van der Waals surface area (Å²) < 4.78 is 16.1. The summed E-state index contributed by atoms with van der Waals surface area (Å²) >= 11 is 0. The normalized spacial score (nSPS) is 15.9. The number of ether oxygens (including phenoxy) is 3. The van der Waals surface area contributed by atoms with E-state index in [2.05, 4.69) is 20.6 Å². The van der Waals surface area contributed by atoms with Gasteiger partial charge in [0.25, 0.3) is 0 Å². The summed E-state index contributed by atoms with van der Waals surface area (Å²) in [4.78, 5) is 20.8. The molecule has 1 aliphatic heterocycles. The van der Waals surface area contributed by atoms with Crippen LogP contribution in [0, 0.1) is 0 Å². The van der Waals surface area contributed by atoms with Gasteiger partial charge in [-0.15, -0.1) is 0 Å². The van der Waals surface area contributed by atoms with Gasteiger partial charge in [0.1, 0.15) is 5.60 Å². The number of hydrogen-bond acceptors (Lipinski definition) is 8. The number of hydrogen-bond donors (Lipinski definition) is 3. The van der Waals surface area contributed by atoms with Gasteiger partial charge in [0.15, 0.2) is 5.82 Å². The van der Waals surface area contributed by atoms with Crippen LogP contribution in [0.2, 0.25) is 0 Å². The molecule has 9 heteroatoms. The lowest BCUT2D eigenvalue weighted by atomic mass is 9.98. The van der Waals surface area contributed by atoms with Gasteiger partial charge in [-0.1, -0.05) is 0 Å². The number of nitrogens with zero attached hydrogens (tertiary/aromatic N) is 2. The van der Waals surface area contributed by atoms with E-state index in [0.717, 1.165) is 16.9 Å². The minimum atomic E-state index is -0.542. The first-order valence-corrected chi connectivity index (χ1v) is 9.36. The number of nitrogens with two attached hydrogens (primary N) is 1. The molecule has 29 heavy (non-hydrogen) atoms. The van der Waals surface area contributed by atoms with Crippen LogP contribution in [0.1, 0.15) is 37.9 Å². The molecule has 1 atom stereocenters. The minimum Gasteiger partial charge on any atom is -0.481 e. The Labute approximate surface area is 170 Å². The summed E-state index contributed by atoms with van der Waals surface area (Å²) in [5, 5.41) is 5.95. The largest absolute Gasteiger partial charge is 0.481 e. The molecule has 1 unspecified atom stereocenters. The number of rotatable bonds is 5. The second-order valence-electron chi connectivity index (χ2n) is 7.78. The molecule has 0 aromatic carbocycles. The van der Waals surface area contributed by atoms with E-state index in [1.165, 1.54) is 0 Å². The molecule has 2 aromatic rings. The first-order valence-electron chi connectivity index (χ1n) is 9.36. The van der Waals surface area contributed by atoms with Gasteiger partial charge in [-0.2, -0.15) is 4.98 Å². The zero-order valence-corrected chi connectivity index (χ0v) is 17.1. The first-order chi connectivity index (χ1) is 13.7. The molecule has 2 aromatic heterocycles. The Morgan fingerprint density at radius 3 is 2.90 bits per heavy atom. The summed E-state index contributed by atoms with van der Waals surface area (Å²) in [5.74, 6) is 0.899. The van der Waals surface area contributed by atoms with Crippen LogP contribution in [-0.2, 0) is 16.1 Å². The molecular formula is C20H27N5O4. The number of amides is 1. The van der Waals surface area contributed by atoms with E-state index in [1.807, 2.05) is 26.8 Å². The van der Waals surface area contributed by atoms with Gasteiger partial charge >= 0.3 is 6.09 Å². The summed E-state index contributed by atoms with van der Waals surface area (Å²) in [6.07, 6.45) is 1.26. The lowest BCUT2D eigenvalue weighted by Gasteiger charge is -2.26. The number of pyridine rings is 2. The van der Waals surface area contributed by atoms with Crippen LogP contribution < -0.4 is 21.1 Å². The number of alkyl carbamates (subject to hydrolysis) is 1. The van der Waals surface area contributed by atoms with Crippen molar-refractivity contribution in [3.05, 3.63) is 35.7 Å². The summed E-state index contributed by atoms with van der Waals surface area (Å²) in [6.45, 7) is 6.78. The molecule has 1 aliphatic rings. The van der Waals surface area contributed by atoms with Crippen molar-refractivity contribution in [2.24, 2.45) is 0 Å². The van der Waals surface area contributed by atoms with Crippen LogP contribution in [0.3, 0.4) is 0 Å². The molecule has 0 radical (unpaired) electrons. The van der Waals surface area contributed by atoms with Gasteiger partial charge in [-0.25, -0.2) is 4.79 Å². The second-order valence-corrected chi connectivity index (χ2v) is 7.78. The van der Waals surface area contributed by atoms with Crippen molar-refractivity contribution < 1.29 is 19.0 Å². The van der Waals surface area contributed by atoms with E-state index < -0.39 is 11.7 Å². The highest BCUT2D eigenvalue weighted by molar-refractivity contribution is 5.69. The van der Waals surface area contributed by atoms with Crippen molar-refractivity contribution in [2.45, 2.75) is 38.9 Å². The Balaban J connectivity index is 1.70. The van der Waals surface area contributed by atoms with Gasteiger partial charge in [0.2, 0.25) is 5.88 Å². The zero-order valence-electron chi connectivity index (χ0n) is 17.1. The Morgan fingerprint density at radius 2 is 2.17 bits per heavy atom. The number of carbonyl (C=O) groups excluding carboxylic acids is 1. The Bertz CT molecular complexity index is 882. The van der Waals surface area contributed by atoms with Crippen LogP contribution in [0.4, 0.5) is 22.0 Å². The standard InChI is InChI=1S/C20H27N5O4/c1-20(2,3)29-19(26)23-8-13-11-28-10-12-7-14(9-22-17(12)13)24-18-15(21)5-6-16(25-18)27-4/h5-7,9,13H,8,10-11,21H2,1-4H3,(H,23,26)(H,24,25). The number of anilines is 3. The van der Waals surface area contributed by atoms with E-state index in [4.69, 9.17) is 19.9 Å². The van der Waals surface area contributed by atoms with E-state index in [-0.39, 0.29) is 5.92 Å². The van der Waals surface area contributed by atoms with Crippen molar-refractivity contribution in [2.75, 3.05) is 31.3 Å². The van der Waals surface area contributed by atoms with Crippen LogP contribution in [0.15, 0.2) is 24.4 Å². The first kappa shape index (κ1) is 20.7. The predicted molar refractivity (Wildman–Crippen MR) is 109 cm³/mol. The molecule has 0 spiro atoms. The summed E-state index contributed by atoms with van der Waals surface area (Å²) in [7, 11) is 1.55. The number of nitrogen functional groups attached to an aromatic ring is 1. The Hall–Kier alpha value is -3.07. The van der Waals surface area contributed by atoms with Crippen molar-refractivity contribution in [1.29, 1.82) is 0 Å². The Kier molecular flexibility index (Phi) is 6.07. The average molecular weight is 401 g/mol. The third-order valence-corrected chi connectivity index (χ3v) is 4.23. The third kappa shape index (κ3) is 5.47. The number of aromatic nitrogens is 2. The molecule has 0 bridgehead atoms. The van der Waals surface area contributed by atoms with Gasteiger partial charge in [0.05, 0.1) is 43.6 Å². The fourth-order valence-electron chi connectivity index (χ4n) is 2.94. The summed E-state index contributed by atoms with van der Waals surface area (Å²) in [5.41, 5.74) is 8.52. The van der Waals surface area contributed by atoms with Gasteiger partial charge in [-0.05, 0) is 32.9 Å². The lowest BCUT2D eigenvalue weighted by Crippen LogP contribution is -2.36. The van der Waals surface area contributed by atoms with Crippen LogP contribution >= 0.6 is 0 Å². The Morgan fingerprint density at radius 1 is 1.38 bits per heavy atom. The highest BCUT2D eigenvalue weighted by atomic mass is 16.6. The van der Waals surface area contributed by atoms with Gasteiger partial charge in [0, 0.05) is 24.1 Å². The topological polar surface area (TPSA) is 121 Å². The molecule has 9 nitrogen and oxygen atoms in total. The minimum absolute atomic E-state index is 0.0552. The predicted octanol–water partition coefficient (Wildman–Crippen LogP) is 2.95. The molecule has 4 N–H and O–H groups in total. The highest BCUT2D eigenvalue weighted by Crippen LogP contribution is 2.29. The molecule has 0 aliphatic carbocycles. The molecule has 1 amide bonds. The molecule has 3 heterocycles.